The smallest absolute Gasteiger partial charge is 0.332 e. The van der Waals surface area contributed by atoms with Crippen LogP contribution in [0.15, 0.2) is 0 Å². The fourth-order valence-corrected chi connectivity index (χ4v) is 2.58. The second kappa shape index (κ2) is 5.22. The van der Waals surface area contributed by atoms with Gasteiger partial charge in [-0.1, -0.05) is 20.8 Å². The van der Waals surface area contributed by atoms with Gasteiger partial charge in [-0.15, -0.1) is 0 Å². The van der Waals surface area contributed by atoms with Crippen LogP contribution in [0.25, 0.3) is 0 Å². The molecule has 1 aromatic heterocycles. The number of hydrogen-bond donors (Lipinski definition) is 2. The van der Waals surface area contributed by atoms with Gasteiger partial charge in [-0.25, -0.2) is 4.98 Å². The number of nitro groups is 1. The third-order valence-electron chi connectivity index (χ3n) is 2.69. The minimum Gasteiger partial charge on any atom is -0.368 e. The maximum atomic E-state index is 11.2. The maximum absolute atomic E-state index is 11.2. The second-order valence-corrected chi connectivity index (χ2v) is 6.87. The number of nitrogens with zero attached hydrogens (tertiary/aromatic N) is 3. The zero-order valence-corrected chi connectivity index (χ0v) is 12.9. The minimum absolute atomic E-state index is 0.0298. The Morgan fingerprint density at radius 3 is 2.25 bits per heavy atom. The fraction of sp³-hybridized carbons (Fsp3) is 0.692. The molecule has 0 aliphatic carbocycles. The Morgan fingerprint density at radius 1 is 1.25 bits per heavy atom. The summed E-state index contributed by atoms with van der Waals surface area (Å²) in [6.07, 6.45) is 0.820. The highest BCUT2D eigenvalue weighted by molar-refractivity contribution is 5.61. The van der Waals surface area contributed by atoms with Gasteiger partial charge in [0.2, 0.25) is 11.8 Å². The fourth-order valence-electron chi connectivity index (χ4n) is 2.58. The lowest BCUT2D eigenvalue weighted by Crippen LogP contribution is -2.36. The first-order valence-corrected chi connectivity index (χ1v) is 6.48. The first-order chi connectivity index (χ1) is 8.91. The number of nitrogens with two attached hydrogens (primary N) is 1. The van der Waals surface area contributed by atoms with E-state index in [9.17, 15) is 10.1 Å². The summed E-state index contributed by atoms with van der Waals surface area (Å²) >= 11 is 0. The van der Waals surface area contributed by atoms with E-state index < -0.39 is 4.92 Å². The van der Waals surface area contributed by atoms with Crippen molar-refractivity contribution in [2.45, 2.75) is 53.5 Å². The molecule has 0 spiro atoms. The Morgan fingerprint density at radius 2 is 1.80 bits per heavy atom. The zero-order valence-electron chi connectivity index (χ0n) is 12.9. The minimum atomic E-state index is -0.482. The molecule has 1 aromatic rings. The Hall–Kier alpha value is -1.92. The summed E-state index contributed by atoms with van der Waals surface area (Å²) in [6.45, 7) is 11.9. The third kappa shape index (κ3) is 4.32. The number of nitrogen functional groups attached to an aromatic ring is 1. The van der Waals surface area contributed by atoms with Crippen molar-refractivity contribution in [1.82, 2.24) is 9.97 Å². The average Bonchev–Trinajstić information content (AvgIpc) is 2.08. The number of anilines is 2. The van der Waals surface area contributed by atoms with Gasteiger partial charge in [-0.05, 0) is 32.6 Å². The van der Waals surface area contributed by atoms with Crippen LogP contribution >= 0.6 is 0 Å². The molecule has 0 aliphatic rings. The van der Waals surface area contributed by atoms with Crippen LogP contribution in [-0.2, 0) is 0 Å². The van der Waals surface area contributed by atoms with Gasteiger partial charge in [0.25, 0.3) is 0 Å². The quantitative estimate of drug-likeness (QED) is 0.649. The summed E-state index contributed by atoms with van der Waals surface area (Å²) < 4.78 is 0. The summed E-state index contributed by atoms with van der Waals surface area (Å²) in [5.74, 6) is 0.205. The molecule has 112 valence electrons. The standard InChI is InChI=1S/C13H23N5O2/c1-8-9(18(19)20)10(16-11(14)15-8)17-13(5,6)7-12(2,3)4/h7H2,1-6H3,(H3,14,15,16,17). The van der Waals surface area contributed by atoms with E-state index in [0.29, 0.717) is 0 Å². The summed E-state index contributed by atoms with van der Waals surface area (Å²) in [4.78, 5) is 18.5. The van der Waals surface area contributed by atoms with Crippen molar-refractivity contribution in [2.75, 3.05) is 11.1 Å². The summed E-state index contributed by atoms with van der Waals surface area (Å²) in [7, 11) is 0. The third-order valence-corrected chi connectivity index (χ3v) is 2.69. The molecular weight excluding hydrogens is 258 g/mol. The molecule has 0 saturated carbocycles. The number of rotatable bonds is 4. The van der Waals surface area contributed by atoms with Crippen molar-refractivity contribution in [3.05, 3.63) is 15.8 Å². The van der Waals surface area contributed by atoms with Crippen molar-refractivity contribution >= 4 is 17.5 Å². The zero-order chi connectivity index (χ0) is 15.7. The van der Waals surface area contributed by atoms with Gasteiger partial charge in [-0.2, -0.15) is 4.98 Å². The second-order valence-electron chi connectivity index (χ2n) is 6.87. The number of aromatic nitrogens is 2. The van der Waals surface area contributed by atoms with E-state index >= 15 is 0 Å². The normalized spacial score (nSPS) is 12.3. The number of hydrogen-bond acceptors (Lipinski definition) is 6. The lowest BCUT2D eigenvalue weighted by atomic mass is 9.82. The molecule has 3 N–H and O–H groups in total. The van der Waals surface area contributed by atoms with Crippen molar-refractivity contribution < 1.29 is 4.92 Å². The highest BCUT2D eigenvalue weighted by Crippen LogP contribution is 2.33. The first-order valence-electron chi connectivity index (χ1n) is 6.48. The number of aryl methyl sites for hydroxylation is 1. The summed E-state index contributed by atoms with van der Waals surface area (Å²) in [5.41, 5.74) is 5.46. The summed E-state index contributed by atoms with van der Waals surface area (Å²) in [5, 5.41) is 14.3. The summed E-state index contributed by atoms with van der Waals surface area (Å²) in [6, 6.07) is 0. The molecule has 7 nitrogen and oxygen atoms in total. The van der Waals surface area contributed by atoms with E-state index in [2.05, 4.69) is 36.1 Å². The molecular formula is C13H23N5O2. The molecule has 0 unspecified atom stereocenters. The van der Waals surface area contributed by atoms with Gasteiger partial charge in [0.05, 0.1) is 4.92 Å². The van der Waals surface area contributed by atoms with Crippen LogP contribution in [0.2, 0.25) is 0 Å². The predicted octanol–water partition coefficient (Wildman–Crippen LogP) is 2.90. The van der Waals surface area contributed by atoms with Crippen molar-refractivity contribution in [1.29, 1.82) is 0 Å². The molecule has 1 rings (SSSR count). The van der Waals surface area contributed by atoms with Crippen LogP contribution in [0.3, 0.4) is 0 Å². The topological polar surface area (TPSA) is 107 Å². The van der Waals surface area contributed by atoms with Gasteiger partial charge >= 0.3 is 5.69 Å². The van der Waals surface area contributed by atoms with E-state index in [4.69, 9.17) is 5.73 Å². The van der Waals surface area contributed by atoms with Crippen molar-refractivity contribution in [3.63, 3.8) is 0 Å². The van der Waals surface area contributed by atoms with Crippen LogP contribution < -0.4 is 11.1 Å². The average molecular weight is 281 g/mol. The monoisotopic (exact) mass is 281 g/mol. The molecule has 0 aliphatic heterocycles. The van der Waals surface area contributed by atoms with Crippen LogP contribution in [0.5, 0.6) is 0 Å². The lowest BCUT2D eigenvalue weighted by Gasteiger charge is -2.33. The van der Waals surface area contributed by atoms with E-state index in [1.165, 1.54) is 0 Å². The van der Waals surface area contributed by atoms with E-state index in [1.54, 1.807) is 6.92 Å². The Balaban J connectivity index is 3.17. The molecule has 20 heavy (non-hydrogen) atoms. The molecule has 1 heterocycles. The van der Waals surface area contributed by atoms with Crippen molar-refractivity contribution in [3.8, 4) is 0 Å². The van der Waals surface area contributed by atoms with Crippen molar-refractivity contribution in [2.24, 2.45) is 5.41 Å². The van der Waals surface area contributed by atoms with Gasteiger partial charge in [0, 0.05) is 5.54 Å². The highest BCUT2D eigenvalue weighted by atomic mass is 16.6. The van der Waals surface area contributed by atoms with Gasteiger partial charge < -0.3 is 11.1 Å². The van der Waals surface area contributed by atoms with Crippen LogP contribution in [0, 0.1) is 22.5 Å². The van der Waals surface area contributed by atoms with E-state index in [1.807, 2.05) is 13.8 Å². The Kier molecular flexibility index (Phi) is 4.21. The molecule has 7 heteroatoms. The molecule has 0 atom stereocenters. The Bertz CT molecular complexity index is 520. The molecule has 0 bridgehead atoms. The Labute approximate surface area is 119 Å². The van der Waals surface area contributed by atoms with Crippen LogP contribution in [0.4, 0.5) is 17.5 Å². The molecule has 0 fully saturated rings. The SMILES string of the molecule is Cc1nc(N)nc(NC(C)(C)CC(C)(C)C)c1[N+](=O)[O-]. The van der Waals surface area contributed by atoms with E-state index in [0.717, 1.165) is 6.42 Å². The predicted molar refractivity (Wildman–Crippen MR) is 79.6 cm³/mol. The molecule has 0 saturated heterocycles. The van der Waals surface area contributed by atoms with Gasteiger partial charge in [-0.3, -0.25) is 10.1 Å². The molecule has 0 aromatic carbocycles. The number of nitrogens with one attached hydrogen (secondary N) is 1. The van der Waals surface area contributed by atoms with E-state index in [-0.39, 0.29) is 34.1 Å². The molecule has 0 amide bonds. The van der Waals surface area contributed by atoms with Gasteiger partial charge in [0.15, 0.2) is 0 Å². The van der Waals surface area contributed by atoms with Crippen LogP contribution in [-0.4, -0.2) is 20.4 Å². The maximum Gasteiger partial charge on any atom is 0.332 e. The van der Waals surface area contributed by atoms with Gasteiger partial charge in [0.1, 0.15) is 5.69 Å². The van der Waals surface area contributed by atoms with Crippen LogP contribution in [0.1, 0.15) is 46.7 Å². The lowest BCUT2D eigenvalue weighted by molar-refractivity contribution is -0.385. The largest absolute Gasteiger partial charge is 0.368 e. The first kappa shape index (κ1) is 16.1. The molecule has 0 radical (unpaired) electrons. The highest BCUT2D eigenvalue weighted by Gasteiger charge is 2.30.